The van der Waals surface area contributed by atoms with Crippen LogP contribution in [-0.4, -0.2) is 46.2 Å². The summed E-state index contributed by atoms with van der Waals surface area (Å²) in [6.07, 6.45) is 1.72. The van der Waals surface area contributed by atoms with Crippen molar-refractivity contribution in [3.05, 3.63) is 65.4 Å². The van der Waals surface area contributed by atoms with Crippen molar-refractivity contribution in [1.29, 1.82) is 0 Å². The van der Waals surface area contributed by atoms with Crippen molar-refractivity contribution in [1.82, 2.24) is 19.5 Å². The van der Waals surface area contributed by atoms with Crippen LogP contribution in [0.4, 0.5) is 5.95 Å². The predicted molar refractivity (Wildman–Crippen MR) is 141 cm³/mol. The fraction of sp³-hybridized carbons (Fsp3) is 0.292. The van der Waals surface area contributed by atoms with Gasteiger partial charge in [0, 0.05) is 22.9 Å². The summed E-state index contributed by atoms with van der Waals surface area (Å²) < 4.78 is 37.1. The number of imidazole rings is 1. The van der Waals surface area contributed by atoms with Gasteiger partial charge in [0.25, 0.3) is 0 Å². The zero-order chi connectivity index (χ0) is 25.8. The summed E-state index contributed by atoms with van der Waals surface area (Å²) in [6, 6.07) is 15.0. The van der Waals surface area contributed by atoms with Crippen LogP contribution in [0.25, 0.3) is 11.2 Å². The minimum atomic E-state index is -3.41. The first-order chi connectivity index (χ1) is 17.9. The second-order valence-corrected chi connectivity index (χ2v) is 11.6. The molecule has 5 rings (SSSR count). The predicted octanol–water partition coefficient (Wildman–Crippen LogP) is 5.57. The molecule has 2 atom stereocenters. The average molecular weight is 562 g/mol. The molecule has 0 saturated carbocycles. The van der Waals surface area contributed by atoms with Gasteiger partial charge in [0.1, 0.15) is 22.6 Å². The second-order valence-electron chi connectivity index (χ2n) is 8.19. The Bertz CT molecular complexity index is 1440. The SMILES string of the molecule is COc1ccc(Sc2nc(N)nc3c2ncn3CCOCP2(=O)OCCC(c3cccc(Cl)c3)O2)cc1. The van der Waals surface area contributed by atoms with E-state index < -0.39 is 7.60 Å². The van der Waals surface area contributed by atoms with E-state index in [0.717, 1.165) is 16.2 Å². The smallest absolute Gasteiger partial charge is 0.356 e. The number of halogens is 1. The topological polar surface area (TPSA) is 124 Å². The van der Waals surface area contributed by atoms with Gasteiger partial charge in [-0.3, -0.25) is 9.09 Å². The van der Waals surface area contributed by atoms with Gasteiger partial charge in [0.15, 0.2) is 5.65 Å². The molecule has 1 aliphatic heterocycles. The minimum absolute atomic E-state index is 0.145. The van der Waals surface area contributed by atoms with Crippen molar-refractivity contribution in [2.45, 2.75) is 29.0 Å². The summed E-state index contributed by atoms with van der Waals surface area (Å²) in [5.74, 6) is 0.916. The monoisotopic (exact) mass is 561 g/mol. The first-order valence-corrected chi connectivity index (χ1v) is 14.4. The van der Waals surface area contributed by atoms with E-state index in [9.17, 15) is 4.57 Å². The number of nitrogens with two attached hydrogens (primary N) is 1. The Hall–Kier alpha value is -2.66. The third-order valence-corrected chi connectivity index (χ3v) is 8.50. The maximum absolute atomic E-state index is 13.1. The van der Waals surface area contributed by atoms with Gasteiger partial charge in [-0.05, 0) is 42.0 Å². The molecular formula is C24H25ClN5O5PS. The molecule has 37 heavy (non-hydrogen) atoms. The minimum Gasteiger partial charge on any atom is -0.497 e. The molecule has 0 amide bonds. The number of anilines is 1. The van der Waals surface area contributed by atoms with Gasteiger partial charge in [-0.15, -0.1) is 0 Å². The van der Waals surface area contributed by atoms with Crippen LogP contribution in [0.3, 0.4) is 0 Å². The Labute approximate surface area is 223 Å². The number of aromatic nitrogens is 4. The number of nitrogen functional groups attached to an aromatic ring is 1. The van der Waals surface area contributed by atoms with Gasteiger partial charge in [0.2, 0.25) is 5.95 Å². The highest BCUT2D eigenvalue weighted by atomic mass is 35.5. The van der Waals surface area contributed by atoms with Crippen molar-refractivity contribution in [2.24, 2.45) is 0 Å². The molecule has 0 bridgehead atoms. The van der Waals surface area contributed by atoms with Crippen LogP contribution in [-0.2, 0) is 24.9 Å². The highest BCUT2D eigenvalue weighted by Gasteiger charge is 2.34. The van der Waals surface area contributed by atoms with Crippen molar-refractivity contribution in [2.75, 3.05) is 32.4 Å². The standard InChI is InChI=1S/C24H25ClN5O5PS/c1-32-18-5-7-19(8-6-18)37-23-21-22(28-24(26)29-23)30(14-27-21)10-12-33-15-36(31)34-11-9-20(35-36)16-3-2-4-17(25)13-16/h2-8,13-14,20H,9-12,15H2,1H3,(H2,26,28,29). The summed E-state index contributed by atoms with van der Waals surface area (Å²) in [5, 5.41) is 1.24. The summed E-state index contributed by atoms with van der Waals surface area (Å²) in [5.41, 5.74) is 8.07. The molecule has 2 N–H and O–H groups in total. The van der Waals surface area contributed by atoms with Crippen LogP contribution in [0.2, 0.25) is 5.02 Å². The number of hydrogen-bond acceptors (Lipinski definition) is 10. The molecule has 2 unspecified atom stereocenters. The molecule has 3 heterocycles. The average Bonchev–Trinajstić information content (AvgIpc) is 3.30. The van der Waals surface area contributed by atoms with Crippen molar-refractivity contribution in [3.63, 3.8) is 0 Å². The van der Waals surface area contributed by atoms with Crippen LogP contribution in [0, 0.1) is 0 Å². The Kier molecular flexibility index (Phi) is 7.99. The third kappa shape index (κ3) is 6.26. The van der Waals surface area contributed by atoms with E-state index in [1.807, 2.05) is 47.0 Å². The zero-order valence-electron chi connectivity index (χ0n) is 19.9. The van der Waals surface area contributed by atoms with E-state index in [1.54, 1.807) is 19.5 Å². The fourth-order valence-electron chi connectivity index (χ4n) is 3.84. The molecular weight excluding hydrogens is 537 g/mol. The number of nitrogens with zero attached hydrogens (tertiary/aromatic N) is 4. The van der Waals surface area contributed by atoms with E-state index in [1.165, 1.54) is 11.8 Å². The maximum Gasteiger partial charge on any atom is 0.356 e. The summed E-state index contributed by atoms with van der Waals surface area (Å²) >= 11 is 7.53. The molecule has 0 radical (unpaired) electrons. The van der Waals surface area contributed by atoms with E-state index in [4.69, 9.17) is 35.9 Å². The second kappa shape index (κ2) is 11.4. The van der Waals surface area contributed by atoms with Crippen LogP contribution in [0.15, 0.2) is 64.8 Å². The molecule has 4 aromatic rings. The maximum atomic E-state index is 13.1. The Balaban J connectivity index is 1.21. The van der Waals surface area contributed by atoms with Gasteiger partial charge < -0.3 is 24.3 Å². The lowest BCUT2D eigenvalue weighted by atomic mass is 10.1. The molecule has 2 aromatic carbocycles. The molecule has 1 aliphatic rings. The van der Waals surface area contributed by atoms with Crippen molar-refractivity contribution < 1.29 is 23.1 Å². The Morgan fingerprint density at radius 3 is 2.86 bits per heavy atom. The molecule has 1 fully saturated rings. The number of fused-ring (bicyclic) bond motifs is 1. The number of hydrogen-bond donors (Lipinski definition) is 1. The van der Waals surface area contributed by atoms with Gasteiger partial charge >= 0.3 is 7.60 Å². The van der Waals surface area contributed by atoms with Gasteiger partial charge in [-0.25, -0.2) is 9.97 Å². The molecule has 194 valence electrons. The van der Waals surface area contributed by atoms with Gasteiger partial charge in [0.05, 0.1) is 32.8 Å². The van der Waals surface area contributed by atoms with Crippen LogP contribution < -0.4 is 10.5 Å². The summed E-state index contributed by atoms with van der Waals surface area (Å²) in [4.78, 5) is 14.2. The first kappa shape index (κ1) is 26.0. The lowest BCUT2D eigenvalue weighted by molar-refractivity contribution is 0.0563. The number of methoxy groups -OCH3 is 1. The van der Waals surface area contributed by atoms with Gasteiger partial charge in [-0.2, -0.15) is 4.98 Å². The molecule has 0 spiro atoms. The largest absolute Gasteiger partial charge is 0.497 e. The lowest BCUT2D eigenvalue weighted by Crippen LogP contribution is -2.17. The van der Waals surface area contributed by atoms with Crippen LogP contribution in [0.5, 0.6) is 5.75 Å². The Morgan fingerprint density at radius 1 is 1.24 bits per heavy atom. The normalized spacial score (nSPS) is 19.8. The highest BCUT2D eigenvalue weighted by Crippen LogP contribution is 2.56. The summed E-state index contributed by atoms with van der Waals surface area (Å²) in [6.45, 7) is 0.973. The molecule has 0 aliphatic carbocycles. The molecule has 2 aromatic heterocycles. The summed E-state index contributed by atoms with van der Waals surface area (Å²) in [7, 11) is -1.79. The molecule has 13 heteroatoms. The van der Waals surface area contributed by atoms with Gasteiger partial charge in [-0.1, -0.05) is 35.5 Å². The Morgan fingerprint density at radius 2 is 2.08 bits per heavy atom. The highest BCUT2D eigenvalue weighted by molar-refractivity contribution is 7.99. The quantitative estimate of drug-likeness (QED) is 0.158. The first-order valence-electron chi connectivity index (χ1n) is 11.5. The van der Waals surface area contributed by atoms with Crippen molar-refractivity contribution in [3.8, 4) is 5.75 Å². The van der Waals surface area contributed by atoms with Crippen LogP contribution >= 0.6 is 31.0 Å². The van der Waals surface area contributed by atoms with Crippen molar-refractivity contribution >= 4 is 48.1 Å². The van der Waals surface area contributed by atoms with E-state index in [0.29, 0.717) is 40.8 Å². The number of benzene rings is 2. The molecule has 1 saturated heterocycles. The fourth-order valence-corrected chi connectivity index (χ4v) is 6.46. The number of rotatable bonds is 9. The van der Waals surface area contributed by atoms with E-state index in [-0.39, 0.29) is 25.0 Å². The van der Waals surface area contributed by atoms with E-state index >= 15 is 0 Å². The zero-order valence-corrected chi connectivity index (χ0v) is 22.4. The number of ether oxygens (including phenoxy) is 2. The van der Waals surface area contributed by atoms with E-state index in [2.05, 4.69) is 15.0 Å². The third-order valence-electron chi connectivity index (χ3n) is 5.63. The van der Waals surface area contributed by atoms with Crippen LogP contribution in [0.1, 0.15) is 18.1 Å². The molecule has 10 nitrogen and oxygen atoms in total. The lowest BCUT2D eigenvalue weighted by Gasteiger charge is -2.30.